The number of carbonyl (C=O) groups excluding carboxylic acids is 4. The van der Waals surface area contributed by atoms with E-state index < -0.39 is 48.3 Å². The first kappa shape index (κ1) is 38.6. The van der Waals surface area contributed by atoms with E-state index in [4.69, 9.17) is 37.9 Å². The van der Waals surface area contributed by atoms with Crippen molar-refractivity contribution >= 4 is 36.0 Å². The Morgan fingerprint density at radius 2 is 0.980 bits per heavy atom. The summed E-state index contributed by atoms with van der Waals surface area (Å²) in [5, 5.41) is 0. The van der Waals surface area contributed by atoms with E-state index in [0.29, 0.717) is 32.0 Å². The van der Waals surface area contributed by atoms with Crippen LogP contribution in [-0.4, -0.2) is 87.9 Å². The van der Waals surface area contributed by atoms with Crippen molar-refractivity contribution in [1.29, 1.82) is 0 Å². The molecule has 2 fully saturated rings. The maximum absolute atomic E-state index is 12.6. The molecular formula is C39H44O12. The van der Waals surface area contributed by atoms with Gasteiger partial charge in [-0.05, 0) is 73.2 Å². The third-order valence-electron chi connectivity index (χ3n) is 7.77. The number of rotatable bonds is 21. The fourth-order valence-corrected chi connectivity index (χ4v) is 5.15. The summed E-state index contributed by atoms with van der Waals surface area (Å²) < 4.78 is 44.0. The van der Waals surface area contributed by atoms with Gasteiger partial charge in [0.05, 0.1) is 39.6 Å². The van der Waals surface area contributed by atoms with Gasteiger partial charge in [-0.1, -0.05) is 37.4 Å². The highest BCUT2D eigenvalue weighted by Gasteiger charge is 2.51. The zero-order valence-corrected chi connectivity index (χ0v) is 28.5. The predicted molar refractivity (Wildman–Crippen MR) is 187 cm³/mol. The molecule has 4 atom stereocenters. The third kappa shape index (κ3) is 13.6. The van der Waals surface area contributed by atoms with Crippen molar-refractivity contribution in [3.8, 4) is 11.5 Å². The zero-order valence-electron chi connectivity index (χ0n) is 28.5. The fourth-order valence-electron chi connectivity index (χ4n) is 5.15. The second-order valence-corrected chi connectivity index (χ2v) is 11.6. The van der Waals surface area contributed by atoms with Crippen molar-refractivity contribution < 1.29 is 57.1 Å². The zero-order chi connectivity index (χ0) is 36.3. The lowest BCUT2D eigenvalue weighted by Gasteiger charge is -2.16. The van der Waals surface area contributed by atoms with Gasteiger partial charge in [-0.25, -0.2) is 19.2 Å². The monoisotopic (exact) mass is 704 g/mol. The molecule has 2 aromatic carbocycles. The van der Waals surface area contributed by atoms with Gasteiger partial charge in [0.1, 0.15) is 23.7 Å². The van der Waals surface area contributed by atoms with Gasteiger partial charge < -0.3 is 37.9 Å². The Bertz CT molecular complexity index is 1510. The van der Waals surface area contributed by atoms with Crippen molar-refractivity contribution in [2.45, 2.75) is 56.5 Å². The van der Waals surface area contributed by atoms with Crippen LogP contribution in [0.1, 0.15) is 43.2 Å². The summed E-state index contributed by atoms with van der Waals surface area (Å²) >= 11 is 0. The van der Waals surface area contributed by atoms with Crippen molar-refractivity contribution in [3.63, 3.8) is 0 Å². The quantitative estimate of drug-likeness (QED) is 0.0730. The normalized spacial score (nSPS) is 19.3. The average Bonchev–Trinajstić information content (AvgIpc) is 3.74. The van der Waals surface area contributed by atoms with Crippen LogP contribution in [0.3, 0.4) is 0 Å². The summed E-state index contributed by atoms with van der Waals surface area (Å²) in [5.74, 6) is -0.589. The van der Waals surface area contributed by atoms with E-state index in [1.165, 1.54) is 12.2 Å². The van der Waals surface area contributed by atoms with Gasteiger partial charge in [-0.2, -0.15) is 0 Å². The van der Waals surface area contributed by atoms with E-state index in [1.54, 1.807) is 36.4 Å². The molecule has 2 saturated heterocycles. The Labute approximate surface area is 297 Å². The van der Waals surface area contributed by atoms with Crippen LogP contribution in [0.5, 0.6) is 11.5 Å². The lowest BCUT2D eigenvalue weighted by atomic mass is 10.1. The lowest BCUT2D eigenvalue weighted by Crippen LogP contribution is -2.35. The minimum absolute atomic E-state index is 0.124. The highest BCUT2D eigenvalue weighted by Crippen LogP contribution is 2.31. The molecule has 0 spiro atoms. The summed E-state index contributed by atoms with van der Waals surface area (Å²) in [4.78, 5) is 47.2. The van der Waals surface area contributed by atoms with Gasteiger partial charge in [-0.3, -0.25) is 0 Å². The van der Waals surface area contributed by atoms with Crippen LogP contribution in [0.4, 0.5) is 0 Å². The topological polar surface area (TPSA) is 142 Å². The average molecular weight is 705 g/mol. The highest BCUT2D eigenvalue weighted by atomic mass is 16.7. The van der Waals surface area contributed by atoms with Gasteiger partial charge in [0.15, 0.2) is 12.2 Å². The molecule has 1 unspecified atom stereocenters. The van der Waals surface area contributed by atoms with E-state index in [0.717, 1.165) is 54.7 Å². The molecule has 2 aliphatic heterocycles. The molecule has 2 heterocycles. The second kappa shape index (κ2) is 21.1. The van der Waals surface area contributed by atoms with E-state index >= 15 is 0 Å². The molecule has 0 aromatic heterocycles. The number of ether oxygens (including phenoxy) is 8. The summed E-state index contributed by atoms with van der Waals surface area (Å²) in [6, 6.07) is 14.5. The largest absolute Gasteiger partial charge is 0.494 e. The summed E-state index contributed by atoms with van der Waals surface area (Å²) in [5.41, 5.74) is 1.57. The standard InChI is InChI=1S/C39H44O12/c1-3-34(40)46-23-8-6-5-7-22-44-30-16-10-28(11-17-30)14-20-36(42)50-32-26-48-39-33(27-49-38(32)39)51-37(43)21-15-29-12-18-31(19-13-29)45-24-9-25-47-35(41)4-2/h3-4,10-21,32-33,38-39H,1-2,5-9,22-27H2/b20-14+,21-15+/t32-,33?,38+,39+/m0/s1. The van der Waals surface area contributed by atoms with E-state index in [2.05, 4.69) is 13.2 Å². The van der Waals surface area contributed by atoms with E-state index in [1.807, 2.05) is 24.3 Å². The van der Waals surface area contributed by atoms with Crippen LogP contribution < -0.4 is 9.47 Å². The van der Waals surface area contributed by atoms with Gasteiger partial charge in [0.25, 0.3) is 0 Å². The van der Waals surface area contributed by atoms with Crippen LogP contribution in [0.25, 0.3) is 12.2 Å². The van der Waals surface area contributed by atoms with Crippen molar-refractivity contribution in [3.05, 3.63) is 97.1 Å². The SMILES string of the molecule is C=CC(=O)OCCCCCCOc1ccc(/C=C/C(=O)O[C@H]2CO[C@@H]3C(OC(=O)/C=C/c4ccc(OCCCOC(=O)C=C)cc4)CO[C@H]23)cc1. The molecule has 12 heteroatoms. The molecular weight excluding hydrogens is 660 g/mol. The fraction of sp³-hybridized carbons (Fsp3) is 0.385. The first-order valence-electron chi connectivity index (χ1n) is 16.9. The molecule has 51 heavy (non-hydrogen) atoms. The van der Waals surface area contributed by atoms with Crippen LogP contribution in [-0.2, 0) is 47.6 Å². The van der Waals surface area contributed by atoms with Crippen molar-refractivity contribution in [2.75, 3.05) is 39.6 Å². The maximum Gasteiger partial charge on any atom is 0.331 e. The number of unbranched alkanes of at least 4 members (excludes halogenated alkanes) is 3. The Morgan fingerprint density at radius 3 is 1.43 bits per heavy atom. The number of fused-ring (bicyclic) bond motifs is 1. The number of hydrogen-bond acceptors (Lipinski definition) is 12. The first-order chi connectivity index (χ1) is 24.8. The van der Waals surface area contributed by atoms with Gasteiger partial charge in [0, 0.05) is 30.7 Å². The predicted octanol–water partition coefficient (Wildman–Crippen LogP) is 5.20. The van der Waals surface area contributed by atoms with E-state index in [-0.39, 0.29) is 19.8 Å². The first-order valence-corrected chi connectivity index (χ1v) is 16.9. The Balaban J connectivity index is 1.10. The summed E-state index contributed by atoms with van der Waals surface area (Å²) in [6.45, 7) is 8.55. The summed E-state index contributed by atoms with van der Waals surface area (Å²) in [6.07, 6.45) is 9.99. The van der Waals surface area contributed by atoms with Crippen LogP contribution in [0.2, 0.25) is 0 Å². The van der Waals surface area contributed by atoms with E-state index in [9.17, 15) is 19.2 Å². The summed E-state index contributed by atoms with van der Waals surface area (Å²) in [7, 11) is 0. The molecule has 272 valence electrons. The van der Waals surface area contributed by atoms with Crippen LogP contribution >= 0.6 is 0 Å². The van der Waals surface area contributed by atoms with Crippen LogP contribution in [0, 0.1) is 0 Å². The Kier molecular flexibility index (Phi) is 16.0. The van der Waals surface area contributed by atoms with Crippen LogP contribution in [0.15, 0.2) is 86.0 Å². The molecule has 12 nitrogen and oxygen atoms in total. The number of carbonyl (C=O) groups is 4. The second-order valence-electron chi connectivity index (χ2n) is 11.6. The molecule has 2 aliphatic rings. The maximum atomic E-state index is 12.6. The molecule has 0 radical (unpaired) electrons. The minimum atomic E-state index is -0.636. The molecule has 0 saturated carbocycles. The Hall–Kier alpha value is -5.20. The number of esters is 4. The minimum Gasteiger partial charge on any atom is -0.494 e. The molecule has 4 rings (SSSR count). The number of hydrogen-bond donors (Lipinski definition) is 0. The third-order valence-corrected chi connectivity index (χ3v) is 7.77. The van der Waals surface area contributed by atoms with Crippen molar-refractivity contribution in [2.24, 2.45) is 0 Å². The Morgan fingerprint density at radius 1 is 0.569 bits per heavy atom. The number of benzene rings is 2. The highest BCUT2D eigenvalue weighted by molar-refractivity contribution is 5.88. The van der Waals surface area contributed by atoms with Gasteiger partial charge in [0.2, 0.25) is 0 Å². The molecule has 0 amide bonds. The molecule has 0 N–H and O–H groups in total. The lowest BCUT2D eigenvalue weighted by molar-refractivity contribution is -0.149. The molecule has 0 bridgehead atoms. The van der Waals surface area contributed by atoms with Gasteiger partial charge in [-0.15, -0.1) is 0 Å². The molecule has 0 aliphatic carbocycles. The molecule has 2 aromatic rings. The van der Waals surface area contributed by atoms with Crippen molar-refractivity contribution in [1.82, 2.24) is 0 Å². The van der Waals surface area contributed by atoms with Gasteiger partial charge >= 0.3 is 23.9 Å². The smallest absolute Gasteiger partial charge is 0.331 e.